The van der Waals surface area contributed by atoms with E-state index >= 15 is 0 Å². The zero-order chi connectivity index (χ0) is 15.4. The fourth-order valence-electron chi connectivity index (χ4n) is 2.33. The van der Waals surface area contributed by atoms with Gasteiger partial charge in [-0.2, -0.15) is 0 Å². The molecule has 0 radical (unpaired) electrons. The maximum Gasteiger partial charge on any atom is 0.173 e. The van der Waals surface area contributed by atoms with Gasteiger partial charge in [-0.25, -0.2) is 4.98 Å². The van der Waals surface area contributed by atoms with Gasteiger partial charge in [-0.15, -0.1) is 6.58 Å². The van der Waals surface area contributed by atoms with E-state index < -0.39 is 0 Å². The lowest BCUT2D eigenvalue weighted by Gasteiger charge is -2.12. The molecule has 2 nitrogen and oxygen atoms in total. The molecule has 0 bridgehead atoms. The van der Waals surface area contributed by atoms with Crippen molar-refractivity contribution in [2.45, 2.75) is 12.1 Å². The smallest absolute Gasteiger partial charge is 0.173 e. The van der Waals surface area contributed by atoms with Crippen LogP contribution in [-0.4, -0.2) is 15.3 Å². The van der Waals surface area contributed by atoms with Crippen LogP contribution in [0.15, 0.2) is 78.6 Å². The number of imidazole rings is 1. The minimum atomic E-state index is 0.844. The second-order valence-corrected chi connectivity index (χ2v) is 6.05. The van der Waals surface area contributed by atoms with Gasteiger partial charge in [-0.3, -0.25) is 4.57 Å². The Bertz CT molecular complexity index is 758. The number of hydrogen-bond acceptors (Lipinski definition) is 2. The van der Waals surface area contributed by atoms with Gasteiger partial charge >= 0.3 is 0 Å². The van der Waals surface area contributed by atoms with Crippen molar-refractivity contribution >= 4 is 11.8 Å². The van der Waals surface area contributed by atoms with Crippen LogP contribution in [0.1, 0.15) is 5.56 Å². The topological polar surface area (TPSA) is 17.8 Å². The number of aryl methyl sites for hydroxylation is 1. The van der Waals surface area contributed by atoms with Gasteiger partial charge in [-0.1, -0.05) is 65.9 Å². The summed E-state index contributed by atoms with van der Waals surface area (Å²) in [5, 5.41) is 0.989. The fourth-order valence-corrected chi connectivity index (χ4v) is 3.05. The molecule has 0 aliphatic rings. The number of nitrogens with zero attached hydrogens (tertiary/aromatic N) is 2. The third-order valence-electron chi connectivity index (χ3n) is 3.42. The average Bonchev–Trinajstić information content (AvgIpc) is 2.98. The molecule has 3 heteroatoms. The zero-order valence-electron chi connectivity index (χ0n) is 12.6. The lowest BCUT2D eigenvalue weighted by atomic mass is 10.1. The Morgan fingerprint density at radius 3 is 2.50 bits per heavy atom. The van der Waals surface area contributed by atoms with Crippen LogP contribution in [0.25, 0.3) is 16.9 Å². The fraction of sp³-hybridized carbons (Fsp3) is 0.105. The van der Waals surface area contributed by atoms with Gasteiger partial charge < -0.3 is 0 Å². The molecule has 0 atom stereocenters. The highest BCUT2D eigenvalue weighted by atomic mass is 32.2. The van der Waals surface area contributed by atoms with Gasteiger partial charge in [-0.05, 0) is 19.1 Å². The second kappa shape index (κ2) is 6.67. The molecule has 110 valence electrons. The number of hydrogen-bond donors (Lipinski definition) is 0. The van der Waals surface area contributed by atoms with Crippen LogP contribution in [0, 0.1) is 6.92 Å². The SMILES string of the molecule is C=CCSc1ncc(-c2ccccc2)n1-c1ccc(C)cc1. The number of aromatic nitrogens is 2. The molecule has 0 saturated carbocycles. The highest BCUT2D eigenvalue weighted by Gasteiger charge is 2.13. The summed E-state index contributed by atoms with van der Waals surface area (Å²) >= 11 is 1.70. The summed E-state index contributed by atoms with van der Waals surface area (Å²) in [5.41, 5.74) is 4.66. The monoisotopic (exact) mass is 306 g/mol. The number of benzene rings is 2. The quantitative estimate of drug-likeness (QED) is 0.480. The molecule has 0 aliphatic heterocycles. The Morgan fingerprint density at radius 1 is 1.09 bits per heavy atom. The first kappa shape index (κ1) is 14.7. The number of rotatable bonds is 5. The average molecular weight is 306 g/mol. The van der Waals surface area contributed by atoms with Crippen molar-refractivity contribution in [1.29, 1.82) is 0 Å². The van der Waals surface area contributed by atoms with E-state index in [0.29, 0.717) is 0 Å². The molecule has 0 N–H and O–H groups in total. The first-order valence-electron chi connectivity index (χ1n) is 7.23. The van der Waals surface area contributed by atoms with Crippen molar-refractivity contribution in [1.82, 2.24) is 9.55 Å². The van der Waals surface area contributed by atoms with Crippen molar-refractivity contribution in [3.8, 4) is 16.9 Å². The molecule has 0 spiro atoms. The van der Waals surface area contributed by atoms with E-state index in [1.54, 1.807) is 11.8 Å². The van der Waals surface area contributed by atoms with Gasteiger partial charge in [0.1, 0.15) is 0 Å². The summed E-state index contributed by atoms with van der Waals surface area (Å²) in [6, 6.07) is 18.9. The molecular weight excluding hydrogens is 288 g/mol. The Morgan fingerprint density at radius 2 is 1.82 bits per heavy atom. The molecule has 0 saturated heterocycles. The third-order valence-corrected chi connectivity index (χ3v) is 4.37. The van der Waals surface area contributed by atoms with Crippen LogP contribution in [0.4, 0.5) is 0 Å². The summed E-state index contributed by atoms with van der Waals surface area (Å²) in [7, 11) is 0. The molecular formula is C19H18N2S. The summed E-state index contributed by atoms with van der Waals surface area (Å²) < 4.78 is 2.21. The first-order valence-corrected chi connectivity index (χ1v) is 8.22. The molecule has 1 heterocycles. The number of thioether (sulfide) groups is 1. The van der Waals surface area contributed by atoms with Crippen molar-refractivity contribution in [3.05, 3.63) is 79.0 Å². The molecule has 3 aromatic rings. The van der Waals surface area contributed by atoms with E-state index in [4.69, 9.17) is 0 Å². The van der Waals surface area contributed by atoms with Crippen LogP contribution in [0.3, 0.4) is 0 Å². The summed E-state index contributed by atoms with van der Waals surface area (Å²) in [4.78, 5) is 4.61. The van der Waals surface area contributed by atoms with Crippen molar-refractivity contribution in [2.24, 2.45) is 0 Å². The molecule has 0 aliphatic carbocycles. The largest absolute Gasteiger partial charge is 0.287 e. The standard InChI is InChI=1S/C19H18N2S/c1-3-13-22-19-20-14-18(16-7-5-4-6-8-16)21(19)17-11-9-15(2)10-12-17/h3-12,14H,1,13H2,2H3. The molecule has 0 amide bonds. The van der Waals surface area contributed by atoms with E-state index in [2.05, 4.69) is 71.6 Å². The minimum absolute atomic E-state index is 0.844. The van der Waals surface area contributed by atoms with Crippen LogP contribution >= 0.6 is 11.8 Å². The van der Waals surface area contributed by atoms with Crippen molar-refractivity contribution in [2.75, 3.05) is 5.75 Å². The summed E-state index contributed by atoms with van der Waals surface area (Å²) in [6.07, 6.45) is 3.85. The molecule has 3 rings (SSSR count). The van der Waals surface area contributed by atoms with Crippen LogP contribution in [-0.2, 0) is 0 Å². The highest BCUT2D eigenvalue weighted by molar-refractivity contribution is 7.99. The zero-order valence-corrected chi connectivity index (χ0v) is 13.4. The molecule has 0 unspecified atom stereocenters. The third kappa shape index (κ3) is 3.00. The predicted octanol–water partition coefficient (Wildman–Crippen LogP) is 5.13. The van der Waals surface area contributed by atoms with E-state index in [9.17, 15) is 0 Å². The molecule has 0 fully saturated rings. The summed E-state index contributed by atoms with van der Waals surface area (Å²) in [5.74, 6) is 0.844. The minimum Gasteiger partial charge on any atom is -0.287 e. The van der Waals surface area contributed by atoms with E-state index in [-0.39, 0.29) is 0 Å². The van der Waals surface area contributed by atoms with E-state index in [1.807, 2.05) is 18.3 Å². The van der Waals surface area contributed by atoms with Gasteiger partial charge in [0, 0.05) is 17.0 Å². The van der Waals surface area contributed by atoms with Gasteiger partial charge in [0.25, 0.3) is 0 Å². The molecule has 22 heavy (non-hydrogen) atoms. The van der Waals surface area contributed by atoms with E-state index in [0.717, 1.165) is 22.3 Å². The van der Waals surface area contributed by atoms with Gasteiger partial charge in [0.2, 0.25) is 0 Å². The Kier molecular flexibility index (Phi) is 4.45. The lowest BCUT2D eigenvalue weighted by molar-refractivity contribution is 0.901. The Balaban J connectivity index is 2.13. The summed E-state index contributed by atoms with van der Waals surface area (Å²) in [6.45, 7) is 5.90. The highest BCUT2D eigenvalue weighted by Crippen LogP contribution is 2.29. The second-order valence-electron chi connectivity index (χ2n) is 5.06. The maximum atomic E-state index is 4.61. The Hall–Kier alpha value is -2.26. The van der Waals surface area contributed by atoms with Crippen molar-refractivity contribution in [3.63, 3.8) is 0 Å². The molecule has 1 aromatic heterocycles. The predicted molar refractivity (Wildman–Crippen MR) is 94.7 cm³/mol. The Labute approximate surface area is 135 Å². The van der Waals surface area contributed by atoms with Crippen molar-refractivity contribution < 1.29 is 0 Å². The first-order chi connectivity index (χ1) is 10.8. The van der Waals surface area contributed by atoms with Crippen LogP contribution < -0.4 is 0 Å². The van der Waals surface area contributed by atoms with Crippen LogP contribution in [0.2, 0.25) is 0 Å². The van der Waals surface area contributed by atoms with Crippen LogP contribution in [0.5, 0.6) is 0 Å². The normalized spacial score (nSPS) is 10.6. The lowest BCUT2D eigenvalue weighted by Crippen LogP contribution is -1.99. The van der Waals surface area contributed by atoms with E-state index in [1.165, 1.54) is 11.1 Å². The maximum absolute atomic E-state index is 4.61. The van der Waals surface area contributed by atoms with Gasteiger partial charge in [0.05, 0.1) is 11.9 Å². The molecule has 2 aromatic carbocycles. The van der Waals surface area contributed by atoms with Gasteiger partial charge in [0.15, 0.2) is 5.16 Å².